The largest absolute Gasteiger partial charge is 0.324 e. The van der Waals surface area contributed by atoms with E-state index in [1.165, 1.54) is 0 Å². The molecule has 1 aliphatic rings. The van der Waals surface area contributed by atoms with Gasteiger partial charge in [0.25, 0.3) is 0 Å². The number of rotatable bonds is 3. The minimum atomic E-state index is -0.491. The number of imidazole rings is 1. The molecular formula is C19H17Cl2N3O. The number of H-pyrrole nitrogens is 1. The van der Waals surface area contributed by atoms with Crippen LogP contribution in [0.5, 0.6) is 0 Å². The molecule has 3 aromatic rings. The molecule has 1 fully saturated rings. The SMILES string of the molecule is O=C(Nc1nc2cc(Cl)c(Cl)cc2[nH]1)C1(c2ccccc2)CCCC1. The van der Waals surface area contributed by atoms with Gasteiger partial charge in [0, 0.05) is 0 Å². The summed E-state index contributed by atoms with van der Waals surface area (Å²) in [5, 5.41) is 3.85. The average Bonchev–Trinajstić information content (AvgIpc) is 3.24. The maximum absolute atomic E-state index is 13.1. The molecule has 0 aliphatic heterocycles. The number of aromatic nitrogens is 2. The summed E-state index contributed by atoms with van der Waals surface area (Å²) in [7, 11) is 0. The van der Waals surface area contributed by atoms with Gasteiger partial charge in [0.05, 0.1) is 26.5 Å². The second-order valence-electron chi connectivity index (χ2n) is 6.48. The normalized spacial score (nSPS) is 16.2. The topological polar surface area (TPSA) is 57.8 Å². The van der Waals surface area contributed by atoms with Gasteiger partial charge in [-0.1, -0.05) is 66.4 Å². The van der Waals surface area contributed by atoms with E-state index in [9.17, 15) is 4.79 Å². The van der Waals surface area contributed by atoms with E-state index < -0.39 is 5.41 Å². The molecule has 4 rings (SSSR count). The Morgan fingerprint density at radius 1 is 1.08 bits per heavy atom. The van der Waals surface area contributed by atoms with Crippen molar-refractivity contribution in [3.8, 4) is 0 Å². The van der Waals surface area contributed by atoms with Crippen LogP contribution < -0.4 is 5.32 Å². The lowest BCUT2D eigenvalue weighted by Gasteiger charge is -2.27. The molecule has 2 N–H and O–H groups in total. The fourth-order valence-corrected chi connectivity index (χ4v) is 4.00. The van der Waals surface area contributed by atoms with Gasteiger partial charge < -0.3 is 4.98 Å². The van der Waals surface area contributed by atoms with Crippen molar-refractivity contribution in [3.63, 3.8) is 0 Å². The molecule has 1 aromatic heterocycles. The second-order valence-corrected chi connectivity index (χ2v) is 7.29. The van der Waals surface area contributed by atoms with Crippen LogP contribution >= 0.6 is 23.2 Å². The van der Waals surface area contributed by atoms with Crippen LogP contribution in [0.3, 0.4) is 0 Å². The first-order valence-electron chi connectivity index (χ1n) is 8.30. The zero-order valence-electron chi connectivity index (χ0n) is 13.5. The lowest BCUT2D eigenvalue weighted by Crippen LogP contribution is -2.38. The minimum Gasteiger partial charge on any atom is -0.324 e. The van der Waals surface area contributed by atoms with Crippen molar-refractivity contribution < 1.29 is 4.79 Å². The zero-order chi connectivity index (χ0) is 17.4. The summed E-state index contributed by atoms with van der Waals surface area (Å²) >= 11 is 12.1. The van der Waals surface area contributed by atoms with Crippen LogP contribution in [0.1, 0.15) is 31.2 Å². The first-order valence-corrected chi connectivity index (χ1v) is 9.06. The molecule has 1 heterocycles. The molecule has 1 saturated carbocycles. The Kier molecular flexibility index (Phi) is 4.18. The molecule has 128 valence electrons. The number of anilines is 1. The van der Waals surface area contributed by atoms with Crippen LogP contribution in [0.4, 0.5) is 5.95 Å². The monoisotopic (exact) mass is 373 g/mol. The molecule has 0 unspecified atom stereocenters. The predicted molar refractivity (Wildman–Crippen MR) is 101 cm³/mol. The summed E-state index contributed by atoms with van der Waals surface area (Å²) in [5.41, 5.74) is 1.98. The van der Waals surface area contributed by atoms with Crippen LogP contribution in [0.25, 0.3) is 11.0 Å². The number of aromatic amines is 1. The summed E-state index contributed by atoms with van der Waals surface area (Å²) in [6.07, 6.45) is 3.79. The number of nitrogens with one attached hydrogen (secondary N) is 2. The third-order valence-electron chi connectivity index (χ3n) is 4.97. The van der Waals surface area contributed by atoms with Gasteiger partial charge in [0.15, 0.2) is 0 Å². The molecule has 1 aliphatic carbocycles. The highest BCUT2D eigenvalue weighted by molar-refractivity contribution is 6.42. The standard InChI is InChI=1S/C19H17Cl2N3O/c20-13-10-15-16(11-14(13)21)23-18(22-15)24-17(25)19(8-4-5-9-19)12-6-2-1-3-7-12/h1-3,6-7,10-11H,4-5,8-9H2,(H2,22,23,24,25). The molecule has 0 bridgehead atoms. The number of halogens is 2. The van der Waals surface area contributed by atoms with Crippen molar-refractivity contribution in [1.29, 1.82) is 0 Å². The molecule has 4 nitrogen and oxygen atoms in total. The predicted octanol–water partition coefficient (Wildman–Crippen LogP) is 5.32. The van der Waals surface area contributed by atoms with Crippen molar-refractivity contribution in [3.05, 3.63) is 58.1 Å². The first-order chi connectivity index (χ1) is 12.1. The van der Waals surface area contributed by atoms with Crippen molar-refractivity contribution in [1.82, 2.24) is 9.97 Å². The molecule has 1 amide bonds. The third kappa shape index (κ3) is 2.90. The van der Waals surface area contributed by atoms with Crippen molar-refractivity contribution in [2.24, 2.45) is 0 Å². The molecule has 0 spiro atoms. The zero-order valence-corrected chi connectivity index (χ0v) is 15.0. The molecule has 0 saturated heterocycles. The van der Waals surface area contributed by atoms with E-state index in [1.807, 2.05) is 30.3 Å². The molecular weight excluding hydrogens is 357 g/mol. The van der Waals surface area contributed by atoms with Gasteiger partial charge in [-0.15, -0.1) is 0 Å². The van der Waals surface area contributed by atoms with E-state index in [0.717, 1.165) is 36.8 Å². The van der Waals surface area contributed by atoms with Crippen LogP contribution in [-0.4, -0.2) is 15.9 Å². The van der Waals surface area contributed by atoms with Gasteiger partial charge >= 0.3 is 0 Å². The number of nitrogens with zero attached hydrogens (tertiary/aromatic N) is 1. The second kappa shape index (κ2) is 6.36. The van der Waals surface area contributed by atoms with Gasteiger partial charge in [-0.25, -0.2) is 4.98 Å². The minimum absolute atomic E-state index is 0.0209. The van der Waals surface area contributed by atoms with Crippen LogP contribution in [0, 0.1) is 0 Å². The van der Waals surface area contributed by atoms with E-state index in [-0.39, 0.29) is 5.91 Å². The number of amides is 1. The number of carbonyl (C=O) groups excluding carboxylic acids is 1. The Morgan fingerprint density at radius 2 is 1.76 bits per heavy atom. The summed E-state index contributed by atoms with van der Waals surface area (Å²) < 4.78 is 0. The Morgan fingerprint density at radius 3 is 2.48 bits per heavy atom. The Hall–Kier alpha value is -2.04. The fourth-order valence-electron chi connectivity index (χ4n) is 3.67. The number of carbonyl (C=O) groups is 1. The lowest BCUT2D eigenvalue weighted by molar-refractivity contribution is -0.121. The number of hydrogen-bond donors (Lipinski definition) is 2. The Labute approximate surface area is 155 Å². The Bertz CT molecular complexity index is 891. The highest BCUT2D eigenvalue weighted by Gasteiger charge is 2.42. The van der Waals surface area contributed by atoms with E-state index in [1.54, 1.807) is 12.1 Å². The van der Waals surface area contributed by atoms with Crippen molar-refractivity contribution in [2.75, 3.05) is 5.32 Å². The van der Waals surface area contributed by atoms with Crippen molar-refractivity contribution in [2.45, 2.75) is 31.1 Å². The van der Waals surface area contributed by atoms with Gasteiger partial charge in [-0.05, 0) is 30.5 Å². The molecule has 6 heteroatoms. The quantitative estimate of drug-likeness (QED) is 0.652. The fraction of sp³-hybridized carbons (Fsp3) is 0.263. The maximum Gasteiger partial charge on any atom is 0.237 e. The lowest BCUT2D eigenvalue weighted by atomic mass is 9.78. The number of hydrogen-bond acceptors (Lipinski definition) is 2. The van der Waals surface area contributed by atoms with Crippen molar-refractivity contribution >= 4 is 46.1 Å². The molecule has 0 radical (unpaired) electrons. The van der Waals surface area contributed by atoms with Crippen LogP contribution in [0.2, 0.25) is 10.0 Å². The highest BCUT2D eigenvalue weighted by Crippen LogP contribution is 2.42. The van der Waals surface area contributed by atoms with Gasteiger partial charge in [0.2, 0.25) is 11.9 Å². The van der Waals surface area contributed by atoms with Crippen LogP contribution in [0.15, 0.2) is 42.5 Å². The van der Waals surface area contributed by atoms with E-state index in [4.69, 9.17) is 23.2 Å². The number of benzene rings is 2. The summed E-state index contributed by atoms with van der Waals surface area (Å²) in [6.45, 7) is 0. The Balaban J connectivity index is 1.66. The molecule has 0 atom stereocenters. The van der Waals surface area contributed by atoms with E-state index >= 15 is 0 Å². The summed E-state index contributed by atoms with van der Waals surface area (Å²) in [4.78, 5) is 20.6. The van der Waals surface area contributed by atoms with Crippen LogP contribution in [-0.2, 0) is 10.2 Å². The van der Waals surface area contributed by atoms with E-state index in [0.29, 0.717) is 21.5 Å². The van der Waals surface area contributed by atoms with E-state index in [2.05, 4.69) is 15.3 Å². The number of fused-ring (bicyclic) bond motifs is 1. The summed E-state index contributed by atoms with van der Waals surface area (Å²) in [5.74, 6) is 0.396. The summed E-state index contributed by atoms with van der Waals surface area (Å²) in [6, 6.07) is 13.4. The molecule has 25 heavy (non-hydrogen) atoms. The van der Waals surface area contributed by atoms with Gasteiger partial charge in [-0.3, -0.25) is 10.1 Å². The van der Waals surface area contributed by atoms with Gasteiger partial charge in [0.1, 0.15) is 0 Å². The van der Waals surface area contributed by atoms with Gasteiger partial charge in [-0.2, -0.15) is 0 Å². The smallest absolute Gasteiger partial charge is 0.237 e. The first kappa shape index (κ1) is 16.4. The molecule has 2 aromatic carbocycles. The highest BCUT2D eigenvalue weighted by atomic mass is 35.5. The average molecular weight is 374 g/mol. The third-order valence-corrected chi connectivity index (χ3v) is 5.70. The maximum atomic E-state index is 13.1.